The maximum atomic E-state index is 12.0. The minimum absolute atomic E-state index is 0.0378. The minimum Gasteiger partial charge on any atom is -0.481 e. The summed E-state index contributed by atoms with van der Waals surface area (Å²) in [5.74, 6) is -0.982. The number of carbonyl (C=O) groups excluding carboxylic acids is 1. The van der Waals surface area contributed by atoms with Gasteiger partial charge in [-0.1, -0.05) is 34.6 Å². The van der Waals surface area contributed by atoms with Crippen LogP contribution >= 0.6 is 0 Å². The van der Waals surface area contributed by atoms with E-state index < -0.39 is 5.97 Å². The maximum Gasteiger partial charge on any atom is 0.305 e. The van der Waals surface area contributed by atoms with Crippen molar-refractivity contribution in [2.45, 2.75) is 66.3 Å². The van der Waals surface area contributed by atoms with Gasteiger partial charge >= 0.3 is 5.97 Å². The van der Waals surface area contributed by atoms with Gasteiger partial charge in [-0.05, 0) is 30.2 Å². The second-order valence-electron chi connectivity index (χ2n) is 7.29. The zero-order chi connectivity index (χ0) is 16.0. The second kappa shape index (κ2) is 7.62. The molecule has 1 unspecified atom stereocenters. The van der Waals surface area contributed by atoms with Gasteiger partial charge in [0.25, 0.3) is 0 Å². The molecule has 0 saturated heterocycles. The summed E-state index contributed by atoms with van der Waals surface area (Å²) in [5, 5.41) is 11.8. The van der Waals surface area contributed by atoms with Gasteiger partial charge < -0.3 is 16.2 Å². The van der Waals surface area contributed by atoms with Crippen LogP contribution in [0.3, 0.4) is 0 Å². The molecular weight excluding hydrogens is 256 g/mol. The van der Waals surface area contributed by atoms with Gasteiger partial charge in [0.15, 0.2) is 0 Å². The quantitative estimate of drug-likeness (QED) is 0.637. The van der Waals surface area contributed by atoms with Crippen LogP contribution in [0.25, 0.3) is 0 Å². The van der Waals surface area contributed by atoms with Gasteiger partial charge in [0.05, 0.1) is 6.42 Å². The number of carbonyl (C=O) groups is 2. The van der Waals surface area contributed by atoms with Crippen molar-refractivity contribution in [3.05, 3.63) is 0 Å². The highest BCUT2D eigenvalue weighted by Gasteiger charge is 2.28. The Morgan fingerprint density at radius 2 is 1.70 bits per heavy atom. The summed E-state index contributed by atoms with van der Waals surface area (Å²) in [4.78, 5) is 22.9. The third-order valence-corrected chi connectivity index (χ3v) is 3.61. The Labute approximate surface area is 122 Å². The molecule has 0 spiro atoms. The Bertz CT molecular complexity index is 333. The van der Waals surface area contributed by atoms with Crippen LogP contribution in [0.15, 0.2) is 0 Å². The molecule has 1 amide bonds. The fourth-order valence-electron chi connectivity index (χ4n) is 1.98. The number of hydrogen-bond donors (Lipinski definition) is 3. The summed E-state index contributed by atoms with van der Waals surface area (Å²) in [5.41, 5.74) is 5.31. The molecule has 0 bridgehead atoms. The number of amides is 1. The van der Waals surface area contributed by atoms with Crippen LogP contribution in [0, 0.1) is 10.8 Å². The molecule has 0 heterocycles. The van der Waals surface area contributed by atoms with E-state index in [0.29, 0.717) is 13.0 Å². The molecule has 0 aromatic heterocycles. The summed E-state index contributed by atoms with van der Waals surface area (Å²) < 4.78 is 0. The van der Waals surface area contributed by atoms with Crippen LogP contribution in [0.1, 0.15) is 60.3 Å². The highest BCUT2D eigenvalue weighted by Crippen LogP contribution is 2.26. The molecule has 0 aromatic carbocycles. The number of rotatable bonds is 8. The highest BCUT2D eigenvalue weighted by atomic mass is 16.4. The van der Waals surface area contributed by atoms with Crippen molar-refractivity contribution in [1.29, 1.82) is 0 Å². The van der Waals surface area contributed by atoms with E-state index in [9.17, 15) is 9.59 Å². The molecule has 5 nitrogen and oxygen atoms in total. The maximum absolute atomic E-state index is 12.0. The van der Waals surface area contributed by atoms with Gasteiger partial charge in [-0.3, -0.25) is 9.59 Å². The first-order valence-electron chi connectivity index (χ1n) is 7.19. The van der Waals surface area contributed by atoms with Gasteiger partial charge in [-0.15, -0.1) is 0 Å². The van der Waals surface area contributed by atoms with Crippen molar-refractivity contribution >= 4 is 11.9 Å². The van der Waals surface area contributed by atoms with Crippen LogP contribution in [0.5, 0.6) is 0 Å². The molecule has 0 saturated carbocycles. The third-order valence-electron chi connectivity index (χ3n) is 3.61. The smallest absolute Gasteiger partial charge is 0.305 e. The van der Waals surface area contributed by atoms with Crippen LogP contribution in [-0.4, -0.2) is 29.6 Å². The zero-order valence-electron chi connectivity index (χ0n) is 13.5. The average molecular weight is 286 g/mol. The minimum atomic E-state index is -0.895. The van der Waals surface area contributed by atoms with Crippen LogP contribution in [-0.2, 0) is 9.59 Å². The third kappa shape index (κ3) is 8.15. The number of aliphatic carboxylic acids is 1. The number of nitrogens with one attached hydrogen (secondary N) is 1. The lowest BCUT2D eigenvalue weighted by molar-refractivity contribution is -0.138. The first kappa shape index (κ1) is 18.9. The van der Waals surface area contributed by atoms with E-state index in [1.165, 1.54) is 0 Å². The molecule has 20 heavy (non-hydrogen) atoms. The summed E-state index contributed by atoms with van der Waals surface area (Å²) in [6.45, 7) is 10.6. The first-order valence-corrected chi connectivity index (χ1v) is 7.19. The van der Waals surface area contributed by atoms with Crippen LogP contribution in [0.4, 0.5) is 0 Å². The summed E-state index contributed by atoms with van der Waals surface area (Å²) >= 11 is 0. The van der Waals surface area contributed by atoms with E-state index in [1.807, 2.05) is 20.8 Å². The van der Waals surface area contributed by atoms with E-state index in [-0.39, 0.29) is 29.2 Å². The molecule has 118 valence electrons. The van der Waals surface area contributed by atoms with Crippen molar-refractivity contribution in [1.82, 2.24) is 5.32 Å². The predicted octanol–water partition coefficient (Wildman–Crippen LogP) is 2.15. The van der Waals surface area contributed by atoms with Gasteiger partial charge in [-0.25, -0.2) is 0 Å². The van der Waals surface area contributed by atoms with E-state index in [4.69, 9.17) is 10.8 Å². The lowest BCUT2D eigenvalue weighted by atomic mass is 9.83. The van der Waals surface area contributed by atoms with E-state index in [2.05, 4.69) is 19.2 Å². The first-order chi connectivity index (χ1) is 8.98. The van der Waals surface area contributed by atoms with Crippen molar-refractivity contribution in [3.63, 3.8) is 0 Å². The van der Waals surface area contributed by atoms with E-state index in [1.54, 1.807) is 0 Å². The molecule has 1 atom stereocenters. The summed E-state index contributed by atoms with van der Waals surface area (Å²) in [7, 11) is 0. The number of hydrogen-bond acceptors (Lipinski definition) is 3. The summed E-state index contributed by atoms with van der Waals surface area (Å²) in [6, 6.07) is -0.356. The standard InChI is InChI=1S/C15H30N2O3/c1-14(2,3)11(10-13(19)20)17-12(18)6-7-15(4,5)8-9-16/h11H,6-10,16H2,1-5H3,(H,17,18)(H,19,20). The fourth-order valence-corrected chi connectivity index (χ4v) is 1.98. The lowest BCUT2D eigenvalue weighted by Crippen LogP contribution is -2.45. The molecular formula is C15H30N2O3. The monoisotopic (exact) mass is 286 g/mol. The molecule has 0 fully saturated rings. The van der Waals surface area contributed by atoms with Gasteiger partial charge in [0.2, 0.25) is 5.91 Å². The van der Waals surface area contributed by atoms with Gasteiger partial charge in [0.1, 0.15) is 0 Å². The van der Waals surface area contributed by atoms with Crippen LogP contribution < -0.4 is 11.1 Å². The highest BCUT2D eigenvalue weighted by molar-refractivity contribution is 5.77. The Morgan fingerprint density at radius 3 is 2.10 bits per heavy atom. The van der Waals surface area contributed by atoms with Gasteiger partial charge in [0, 0.05) is 12.5 Å². The van der Waals surface area contributed by atoms with Crippen molar-refractivity contribution in [3.8, 4) is 0 Å². The van der Waals surface area contributed by atoms with Crippen molar-refractivity contribution in [2.75, 3.05) is 6.54 Å². The summed E-state index contributed by atoms with van der Waals surface area (Å²) in [6.07, 6.45) is 1.97. The van der Waals surface area contributed by atoms with Crippen molar-refractivity contribution in [2.24, 2.45) is 16.6 Å². The molecule has 0 aliphatic carbocycles. The van der Waals surface area contributed by atoms with Crippen LogP contribution in [0.2, 0.25) is 0 Å². The average Bonchev–Trinajstić information content (AvgIpc) is 2.24. The SMILES string of the molecule is CC(C)(CCN)CCC(=O)NC(CC(=O)O)C(C)(C)C. The molecule has 5 heteroatoms. The number of carboxylic acids is 1. The Kier molecular flexibility index (Phi) is 7.20. The normalized spacial score (nSPS) is 13.9. The Hall–Kier alpha value is -1.10. The molecule has 0 radical (unpaired) electrons. The topological polar surface area (TPSA) is 92.4 Å². The van der Waals surface area contributed by atoms with Crippen molar-refractivity contribution < 1.29 is 14.7 Å². The van der Waals surface area contributed by atoms with E-state index in [0.717, 1.165) is 12.8 Å². The molecule has 0 aromatic rings. The van der Waals surface area contributed by atoms with E-state index >= 15 is 0 Å². The number of carboxylic acid groups (broad SMARTS) is 1. The fraction of sp³-hybridized carbons (Fsp3) is 0.867. The molecule has 4 N–H and O–H groups in total. The Morgan fingerprint density at radius 1 is 1.15 bits per heavy atom. The Balaban J connectivity index is 4.44. The zero-order valence-corrected chi connectivity index (χ0v) is 13.5. The predicted molar refractivity (Wildman–Crippen MR) is 80.3 cm³/mol. The molecule has 0 aliphatic heterocycles. The second-order valence-corrected chi connectivity index (χ2v) is 7.29. The van der Waals surface area contributed by atoms with Gasteiger partial charge in [-0.2, -0.15) is 0 Å². The lowest BCUT2D eigenvalue weighted by Gasteiger charge is -2.31. The molecule has 0 rings (SSSR count). The molecule has 0 aliphatic rings. The number of nitrogens with two attached hydrogens (primary N) is 1. The largest absolute Gasteiger partial charge is 0.481 e.